The van der Waals surface area contributed by atoms with Crippen molar-refractivity contribution in [3.05, 3.63) is 60.2 Å². The number of hydrogen-bond acceptors (Lipinski definition) is 5. The molecule has 2 aromatic carbocycles. The van der Waals surface area contributed by atoms with Gasteiger partial charge in [-0.15, -0.1) is 0 Å². The predicted molar refractivity (Wildman–Crippen MR) is 114 cm³/mol. The van der Waals surface area contributed by atoms with Crippen LogP contribution in [-0.2, 0) is 9.63 Å². The summed E-state index contributed by atoms with van der Waals surface area (Å²) in [6.07, 6.45) is 6.86. The number of carbonyl (C=O) groups excluding carboxylic acids is 2. The fourth-order valence-electron chi connectivity index (χ4n) is 3.12. The predicted octanol–water partition coefficient (Wildman–Crippen LogP) is 5.91. The van der Waals surface area contributed by atoms with Gasteiger partial charge in [0, 0.05) is 15.4 Å². The van der Waals surface area contributed by atoms with Crippen LogP contribution in [0.1, 0.15) is 55.3 Å². The summed E-state index contributed by atoms with van der Waals surface area (Å²) >= 11 is 1.65. The Morgan fingerprint density at radius 2 is 1.62 bits per heavy atom. The second kappa shape index (κ2) is 9.40. The average Bonchev–Trinajstić information content (AvgIpc) is 3.64. The quantitative estimate of drug-likeness (QED) is 0.213. The van der Waals surface area contributed by atoms with Crippen molar-refractivity contribution in [2.45, 2.75) is 54.7 Å². The first-order valence-corrected chi connectivity index (χ1v) is 11.2. The van der Waals surface area contributed by atoms with Gasteiger partial charge in [-0.1, -0.05) is 54.4 Å². The van der Waals surface area contributed by atoms with Crippen LogP contribution >= 0.6 is 11.8 Å². The van der Waals surface area contributed by atoms with Crippen LogP contribution in [-0.4, -0.2) is 17.5 Å². The number of carbonyl (C=O) groups is 2. The SMILES string of the molecule is O=C(/C(CCCC1CC1)=N/OC(=O)C1CC1)c1ccc(Sc2ccccc2)cc1. The Hall–Kier alpha value is -2.40. The fourth-order valence-corrected chi connectivity index (χ4v) is 3.96. The lowest BCUT2D eigenvalue weighted by Gasteiger charge is -2.07. The Labute approximate surface area is 175 Å². The highest BCUT2D eigenvalue weighted by Gasteiger charge is 2.32. The molecule has 0 aromatic heterocycles. The van der Waals surface area contributed by atoms with Crippen LogP contribution in [0.15, 0.2) is 69.5 Å². The van der Waals surface area contributed by atoms with Crippen LogP contribution < -0.4 is 0 Å². The Kier molecular flexibility index (Phi) is 6.45. The topological polar surface area (TPSA) is 55.7 Å². The van der Waals surface area contributed by atoms with Crippen molar-refractivity contribution in [1.82, 2.24) is 0 Å². The maximum absolute atomic E-state index is 13.0. The van der Waals surface area contributed by atoms with Gasteiger partial charge >= 0.3 is 5.97 Å². The molecule has 0 radical (unpaired) electrons. The summed E-state index contributed by atoms with van der Waals surface area (Å²) in [7, 11) is 0. The molecule has 4 rings (SSSR count). The zero-order valence-corrected chi connectivity index (χ0v) is 17.2. The minimum Gasteiger partial charge on any atom is -0.318 e. The molecule has 0 spiro atoms. The van der Waals surface area contributed by atoms with Crippen molar-refractivity contribution < 1.29 is 14.4 Å². The van der Waals surface area contributed by atoms with Crippen molar-refractivity contribution in [2.75, 3.05) is 0 Å². The molecule has 29 heavy (non-hydrogen) atoms. The van der Waals surface area contributed by atoms with Gasteiger partial charge in [0.1, 0.15) is 5.71 Å². The number of hydrogen-bond donors (Lipinski definition) is 0. The maximum Gasteiger partial charge on any atom is 0.338 e. The lowest BCUT2D eigenvalue weighted by atomic mass is 10.0. The highest BCUT2D eigenvalue weighted by Crippen LogP contribution is 2.34. The van der Waals surface area contributed by atoms with E-state index >= 15 is 0 Å². The minimum absolute atomic E-state index is 0.0316. The molecule has 0 heterocycles. The number of ketones is 1. The van der Waals surface area contributed by atoms with E-state index in [0.29, 0.717) is 17.7 Å². The third kappa shape index (κ3) is 6.04. The van der Waals surface area contributed by atoms with Crippen LogP contribution in [0.4, 0.5) is 0 Å². The molecule has 2 saturated carbocycles. The molecule has 0 bridgehead atoms. The molecule has 0 atom stereocenters. The first kappa shape index (κ1) is 19.9. The molecule has 0 N–H and O–H groups in total. The van der Waals surface area contributed by atoms with E-state index in [-0.39, 0.29) is 17.7 Å². The average molecular weight is 408 g/mol. The molecule has 2 aromatic rings. The minimum atomic E-state index is -0.313. The second-order valence-electron chi connectivity index (χ2n) is 7.83. The van der Waals surface area contributed by atoms with Crippen molar-refractivity contribution in [3.8, 4) is 0 Å². The zero-order chi connectivity index (χ0) is 20.1. The monoisotopic (exact) mass is 407 g/mol. The molecule has 0 amide bonds. The molecule has 0 unspecified atom stereocenters. The molecule has 5 heteroatoms. The summed E-state index contributed by atoms with van der Waals surface area (Å²) in [5.74, 6) is 0.304. The normalized spacial score (nSPS) is 16.5. The highest BCUT2D eigenvalue weighted by atomic mass is 32.2. The molecule has 2 aliphatic carbocycles. The second-order valence-corrected chi connectivity index (χ2v) is 8.97. The molecule has 2 fully saturated rings. The number of oxime groups is 1. The van der Waals surface area contributed by atoms with E-state index in [9.17, 15) is 9.59 Å². The highest BCUT2D eigenvalue weighted by molar-refractivity contribution is 7.99. The first-order valence-electron chi connectivity index (χ1n) is 10.3. The van der Waals surface area contributed by atoms with E-state index in [1.807, 2.05) is 42.5 Å². The summed E-state index contributed by atoms with van der Waals surface area (Å²) in [6.45, 7) is 0. The molecule has 0 saturated heterocycles. The van der Waals surface area contributed by atoms with Gasteiger partial charge in [0.05, 0.1) is 5.92 Å². The Balaban J connectivity index is 1.41. The van der Waals surface area contributed by atoms with Gasteiger partial charge in [-0.25, -0.2) is 4.79 Å². The van der Waals surface area contributed by atoms with Crippen LogP contribution in [0.5, 0.6) is 0 Å². The van der Waals surface area contributed by atoms with Gasteiger partial charge in [0.2, 0.25) is 5.78 Å². The van der Waals surface area contributed by atoms with E-state index in [2.05, 4.69) is 17.3 Å². The summed E-state index contributed by atoms with van der Waals surface area (Å²) in [5.41, 5.74) is 0.929. The fraction of sp³-hybridized carbons (Fsp3) is 0.375. The number of benzene rings is 2. The molecule has 4 nitrogen and oxygen atoms in total. The van der Waals surface area contributed by atoms with E-state index in [1.54, 1.807) is 11.8 Å². The van der Waals surface area contributed by atoms with Gasteiger partial charge in [0.25, 0.3) is 0 Å². The van der Waals surface area contributed by atoms with Crippen molar-refractivity contribution in [1.29, 1.82) is 0 Å². The Morgan fingerprint density at radius 1 is 0.931 bits per heavy atom. The van der Waals surface area contributed by atoms with Crippen LogP contribution in [0.3, 0.4) is 0 Å². The largest absolute Gasteiger partial charge is 0.338 e. The third-order valence-electron chi connectivity index (χ3n) is 5.24. The van der Waals surface area contributed by atoms with Crippen LogP contribution in [0.25, 0.3) is 0 Å². The molecule has 0 aliphatic heterocycles. The van der Waals surface area contributed by atoms with Gasteiger partial charge < -0.3 is 4.84 Å². The van der Waals surface area contributed by atoms with Crippen LogP contribution in [0.2, 0.25) is 0 Å². The smallest absolute Gasteiger partial charge is 0.318 e. The first-order chi connectivity index (χ1) is 14.2. The Bertz CT molecular complexity index is 884. The van der Waals surface area contributed by atoms with E-state index in [4.69, 9.17) is 4.84 Å². The lowest BCUT2D eigenvalue weighted by molar-refractivity contribution is -0.145. The maximum atomic E-state index is 13.0. The van der Waals surface area contributed by atoms with Gasteiger partial charge in [-0.2, -0.15) is 0 Å². The summed E-state index contributed by atoms with van der Waals surface area (Å²) in [4.78, 5) is 32.1. The summed E-state index contributed by atoms with van der Waals surface area (Å²) in [6, 6.07) is 17.7. The zero-order valence-electron chi connectivity index (χ0n) is 16.4. The van der Waals surface area contributed by atoms with E-state index < -0.39 is 0 Å². The molecule has 150 valence electrons. The Morgan fingerprint density at radius 3 is 2.28 bits per heavy atom. The van der Waals surface area contributed by atoms with Crippen molar-refractivity contribution >= 4 is 29.2 Å². The summed E-state index contributed by atoms with van der Waals surface area (Å²) < 4.78 is 0. The third-order valence-corrected chi connectivity index (χ3v) is 6.25. The standard InChI is InChI=1S/C24H25NO3S/c26-23(18-13-15-21(16-14-18)29-20-6-2-1-3-7-20)22(8-4-5-17-9-10-17)25-28-24(27)19-11-12-19/h1-3,6-7,13-17,19H,4-5,8-12H2/b25-22+. The van der Waals surface area contributed by atoms with Crippen LogP contribution in [0, 0.1) is 11.8 Å². The molecule has 2 aliphatic rings. The van der Waals surface area contributed by atoms with Gasteiger partial charge in [-0.3, -0.25) is 4.79 Å². The number of nitrogens with zero attached hydrogens (tertiary/aromatic N) is 1. The van der Waals surface area contributed by atoms with Crippen molar-refractivity contribution in [3.63, 3.8) is 0 Å². The summed E-state index contributed by atoms with van der Waals surface area (Å²) in [5, 5.41) is 3.98. The van der Waals surface area contributed by atoms with E-state index in [0.717, 1.165) is 41.4 Å². The number of Topliss-reactive ketones (excluding diaryl/α,β-unsaturated/α-hetero) is 1. The molecular formula is C24H25NO3S. The van der Waals surface area contributed by atoms with Gasteiger partial charge in [0.15, 0.2) is 0 Å². The van der Waals surface area contributed by atoms with E-state index in [1.165, 1.54) is 12.8 Å². The number of rotatable bonds is 10. The molecular weight excluding hydrogens is 382 g/mol. The lowest BCUT2D eigenvalue weighted by Crippen LogP contribution is -2.16. The van der Waals surface area contributed by atoms with Gasteiger partial charge in [-0.05, 0) is 68.0 Å². The van der Waals surface area contributed by atoms with Crippen molar-refractivity contribution in [2.24, 2.45) is 17.0 Å².